The number of hydrogen-bond acceptors (Lipinski definition) is 1. The van der Waals surface area contributed by atoms with E-state index in [4.69, 9.17) is 0 Å². The van der Waals surface area contributed by atoms with Crippen LogP contribution in [0.1, 0.15) is 16.1 Å². The summed E-state index contributed by atoms with van der Waals surface area (Å²) in [7, 11) is 1.96. The van der Waals surface area contributed by atoms with Gasteiger partial charge in [0.1, 0.15) is 0 Å². The number of amides is 1. The zero-order valence-corrected chi connectivity index (χ0v) is 13.5. The second-order valence-corrected chi connectivity index (χ2v) is 6.00. The van der Waals surface area contributed by atoms with E-state index in [-0.39, 0.29) is 5.91 Å². The van der Waals surface area contributed by atoms with Gasteiger partial charge < -0.3 is 9.88 Å². The van der Waals surface area contributed by atoms with Crippen molar-refractivity contribution in [2.24, 2.45) is 7.05 Å². The average molecular weight is 419 g/mol. The van der Waals surface area contributed by atoms with E-state index in [1.807, 2.05) is 48.1 Å². The maximum absolute atomic E-state index is 12.1. The van der Waals surface area contributed by atoms with E-state index in [0.29, 0.717) is 12.1 Å². The van der Waals surface area contributed by atoms with Gasteiger partial charge in [-0.25, -0.2) is 0 Å². The fraction of sp³-hybridized carbons (Fsp3) is 0.154. The first-order chi connectivity index (χ1) is 8.58. The van der Waals surface area contributed by atoms with Gasteiger partial charge in [-0.1, -0.05) is 15.9 Å². The summed E-state index contributed by atoms with van der Waals surface area (Å²) >= 11 is 5.54. The van der Waals surface area contributed by atoms with Gasteiger partial charge in [0, 0.05) is 27.0 Å². The third kappa shape index (κ3) is 3.14. The van der Waals surface area contributed by atoms with E-state index in [2.05, 4.69) is 43.8 Å². The second-order valence-electron chi connectivity index (χ2n) is 3.92. The smallest absolute Gasteiger partial charge is 0.252 e. The van der Waals surface area contributed by atoms with Gasteiger partial charge in [-0.2, -0.15) is 0 Å². The highest BCUT2D eigenvalue weighted by Gasteiger charge is 2.10. The summed E-state index contributed by atoms with van der Waals surface area (Å²) < 4.78 is 3.85. The van der Waals surface area contributed by atoms with Gasteiger partial charge in [0.25, 0.3) is 5.91 Å². The van der Waals surface area contributed by atoms with Crippen LogP contribution >= 0.6 is 38.5 Å². The third-order valence-electron chi connectivity index (χ3n) is 2.65. The Kier molecular flexibility index (Phi) is 4.45. The summed E-state index contributed by atoms with van der Waals surface area (Å²) in [5.74, 6) is -0.0538. The van der Waals surface area contributed by atoms with Crippen molar-refractivity contribution >= 4 is 44.4 Å². The maximum atomic E-state index is 12.1. The molecule has 2 rings (SSSR count). The van der Waals surface area contributed by atoms with Crippen LogP contribution in [-0.2, 0) is 13.6 Å². The summed E-state index contributed by atoms with van der Waals surface area (Å²) in [4.78, 5) is 12.1. The number of carbonyl (C=O) groups is 1. The molecular formula is C13H12BrIN2O. The number of aromatic nitrogens is 1. The lowest BCUT2D eigenvalue weighted by atomic mass is 10.2. The summed E-state index contributed by atoms with van der Waals surface area (Å²) in [5, 5.41) is 2.92. The first kappa shape index (κ1) is 13.6. The third-order valence-corrected chi connectivity index (χ3v) is 4.09. The fourth-order valence-electron chi connectivity index (χ4n) is 1.62. The standard InChI is InChI=1S/C13H12BrIN2O/c1-17-6-2-3-10(17)8-16-13(18)11-7-9(14)4-5-12(11)15/h2-7H,8H2,1H3,(H,16,18). The molecule has 0 aliphatic carbocycles. The second kappa shape index (κ2) is 5.88. The van der Waals surface area contributed by atoms with Crippen LogP contribution in [-0.4, -0.2) is 10.5 Å². The topological polar surface area (TPSA) is 34.0 Å². The van der Waals surface area contributed by atoms with Crippen LogP contribution in [0.5, 0.6) is 0 Å². The van der Waals surface area contributed by atoms with E-state index in [0.717, 1.165) is 13.7 Å². The van der Waals surface area contributed by atoms with Crippen molar-refractivity contribution < 1.29 is 4.79 Å². The Balaban J connectivity index is 2.08. The van der Waals surface area contributed by atoms with Crippen LogP contribution in [0.25, 0.3) is 0 Å². The lowest BCUT2D eigenvalue weighted by molar-refractivity contribution is 0.0949. The molecule has 0 saturated heterocycles. The molecule has 0 atom stereocenters. The largest absolute Gasteiger partial charge is 0.353 e. The fourth-order valence-corrected chi connectivity index (χ4v) is 2.56. The van der Waals surface area contributed by atoms with Gasteiger partial charge in [-0.05, 0) is 52.9 Å². The van der Waals surface area contributed by atoms with Gasteiger partial charge >= 0.3 is 0 Å². The molecule has 0 saturated carbocycles. The van der Waals surface area contributed by atoms with Crippen LogP contribution < -0.4 is 5.32 Å². The molecular weight excluding hydrogens is 407 g/mol. The molecule has 1 amide bonds. The van der Waals surface area contributed by atoms with Gasteiger partial charge in [-0.15, -0.1) is 0 Å². The Morgan fingerprint density at radius 2 is 2.22 bits per heavy atom. The minimum Gasteiger partial charge on any atom is -0.353 e. The average Bonchev–Trinajstić information content (AvgIpc) is 2.75. The quantitative estimate of drug-likeness (QED) is 0.762. The Hall–Kier alpha value is -0.820. The molecule has 0 radical (unpaired) electrons. The SMILES string of the molecule is Cn1cccc1CNC(=O)c1cc(Br)ccc1I. The molecule has 0 aliphatic heterocycles. The highest BCUT2D eigenvalue weighted by molar-refractivity contribution is 14.1. The van der Waals surface area contributed by atoms with Crippen molar-refractivity contribution in [2.45, 2.75) is 6.54 Å². The Labute approximate surface area is 128 Å². The summed E-state index contributed by atoms with van der Waals surface area (Å²) in [6.45, 7) is 0.533. The predicted octanol–water partition coefficient (Wildman–Crippen LogP) is 3.32. The number of nitrogens with zero attached hydrogens (tertiary/aromatic N) is 1. The van der Waals surface area contributed by atoms with Crippen LogP contribution in [0.3, 0.4) is 0 Å². The number of nitrogens with one attached hydrogen (secondary N) is 1. The van der Waals surface area contributed by atoms with Gasteiger partial charge in [0.15, 0.2) is 0 Å². The summed E-state index contributed by atoms with van der Waals surface area (Å²) in [6.07, 6.45) is 1.96. The molecule has 1 aromatic carbocycles. The number of halogens is 2. The van der Waals surface area contributed by atoms with Crippen molar-refractivity contribution in [1.82, 2.24) is 9.88 Å². The lowest BCUT2D eigenvalue weighted by Gasteiger charge is -2.08. The molecule has 94 valence electrons. The molecule has 1 aromatic heterocycles. The highest BCUT2D eigenvalue weighted by Crippen LogP contribution is 2.18. The van der Waals surface area contributed by atoms with E-state index in [1.165, 1.54) is 0 Å². The van der Waals surface area contributed by atoms with E-state index in [9.17, 15) is 4.79 Å². The van der Waals surface area contributed by atoms with Crippen molar-refractivity contribution in [3.05, 3.63) is 55.8 Å². The molecule has 18 heavy (non-hydrogen) atoms. The van der Waals surface area contributed by atoms with Crippen molar-refractivity contribution in [1.29, 1.82) is 0 Å². The summed E-state index contributed by atoms with van der Waals surface area (Å²) in [5.41, 5.74) is 1.77. The molecule has 1 N–H and O–H groups in total. The van der Waals surface area contributed by atoms with Crippen LogP contribution in [0.4, 0.5) is 0 Å². The zero-order valence-electron chi connectivity index (χ0n) is 9.78. The molecule has 0 aliphatic rings. The number of benzene rings is 1. The first-order valence-corrected chi connectivity index (χ1v) is 7.28. The molecule has 1 heterocycles. The molecule has 0 fully saturated rings. The van der Waals surface area contributed by atoms with Gasteiger partial charge in [0.05, 0.1) is 12.1 Å². The molecule has 2 aromatic rings. The van der Waals surface area contributed by atoms with Crippen LogP contribution in [0.2, 0.25) is 0 Å². The van der Waals surface area contributed by atoms with Gasteiger partial charge in [-0.3, -0.25) is 4.79 Å². The Bertz CT molecular complexity index is 580. The van der Waals surface area contributed by atoms with Crippen molar-refractivity contribution in [2.75, 3.05) is 0 Å². The monoisotopic (exact) mass is 418 g/mol. The van der Waals surface area contributed by atoms with E-state index in [1.54, 1.807) is 0 Å². The van der Waals surface area contributed by atoms with E-state index >= 15 is 0 Å². The Morgan fingerprint density at radius 3 is 2.89 bits per heavy atom. The first-order valence-electron chi connectivity index (χ1n) is 5.41. The minimum atomic E-state index is -0.0538. The highest BCUT2D eigenvalue weighted by atomic mass is 127. The molecule has 5 heteroatoms. The molecule has 0 bridgehead atoms. The number of hydrogen-bond donors (Lipinski definition) is 1. The summed E-state index contributed by atoms with van der Waals surface area (Å²) in [6, 6.07) is 9.64. The Morgan fingerprint density at radius 1 is 1.44 bits per heavy atom. The van der Waals surface area contributed by atoms with Gasteiger partial charge in [0.2, 0.25) is 0 Å². The predicted molar refractivity (Wildman–Crippen MR) is 83.4 cm³/mol. The van der Waals surface area contributed by atoms with Crippen molar-refractivity contribution in [3.63, 3.8) is 0 Å². The number of rotatable bonds is 3. The molecule has 0 spiro atoms. The molecule has 0 unspecified atom stereocenters. The molecule has 3 nitrogen and oxygen atoms in total. The minimum absolute atomic E-state index is 0.0538. The lowest BCUT2D eigenvalue weighted by Crippen LogP contribution is -2.24. The maximum Gasteiger partial charge on any atom is 0.252 e. The van der Waals surface area contributed by atoms with E-state index < -0.39 is 0 Å². The van der Waals surface area contributed by atoms with Crippen LogP contribution in [0, 0.1) is 3.57 Å². The zero-order chi connectivity index (χ0) is 13.1. The number of carbonyl (C=O) groups excluding carboxylic acids is 1. The number of aryl methyl sites for hydroxylation is 1. The van der Waals surface area contributed by atoms with Crippen LogP contribution in [0.15, 0.2) is 41.0 Å². The normalized spacial score (nSPS) is 10.4. The van der Waals surface area contributed by atoms with Crippen molar-refractivity contribution in [3.8, 4) is 0 Å².